The lowest BCUT2D eigenvalue weighted by Gasteiger charge is -2.02. The van der Waals surface area contributed by atoms with Crippen LogP contribution in [0.25, 0.3) is 0 Å². The molecule has 0 aliphatic carbocycles. The van der Waals surface area contributed by atoms with Crippen LogP contribution >= 0.6 is 0 Å². The van der Waals surface area contributed by atoms with Gasteiger partial charge in [-0.05, 0) is 44.5 Å². The Kier molecular flexibility index (Phi) is 5.08. The molecule has 5 heteroatoms. The fourth-order valence-electron chi connectivity index (χ4n) is 1.67. The smallest absolute Gasteiger partial charge is 0.339 e. The molecule has 2 rings (SSSR count). The van der Waals surface area contributed by atoms with E-state index in [9.17, 15) is 9.90 Å². The molecule has 0 atom stereocenters. The van der Waals surface area contributed by atoms with Crippen LogP contribution in [-0.4, -0.2) is 26.3 Å². The number of carbonyl (C=O) groups is 1. The molecule has 0 amide bonds. The highest BCUT2D eigenvalue weighted by molar-refractivity contribution is 5.90. The van der Waals surface area contributed by atoms with E-state index >= 15 is 0 Å². The Morgan fingerprint density at radius 3 is 2.15 bits per heavy atom. The number of carboxylic acids is 1. The van der Waals surface area contributed by atoms with Crippen LogP contribution in [0.3, 0.4) is 0 Å². The molecule has 0 radical (unpaired) electrons. The van der Waals surface area contributed by atoms with E-state index in [0.717, 1.165) is 11.3 Å². The van der Waals surface area contributed by atoms with Crippen molar-refractivity contribution < 1.29 is 20.1 Å². The topological polar surface area (TPSA) is 90.7 Å². The van der Waals surface area contributed by atoms with Crippen molar-refractivity contribution >= 4 is 5.97 Å². The maximum Gasteiger partial charge on any atom is 0.339 e. The normalized spacial score (nSPS) is 9.55. The van der Waals surface area contributed by atoms with Gasteiger partial charge in [0.2, 0.25) is 0 Å². The number of benzene rings is 1. The van der Waals surface area contributed by atoms with Gasteiger partial charge in [0.25, 0.3) is 0 Å². The second-order valence-corrected chi connectivity index (χ2v) is 4.34. The van der Waals surface area contributed by atoms with Gasteiger partial charge in [-0.3, -0.25) is 4.98 Å². The molecule has 0 unspecified atom stereocenters. The standard InChI is InChI=1S/C8H11NO.C7H6O3/c1-5-4-6(2)9-7(3)8(5)10;8-6-4-2-1-3-5(6)7(9)10/h4,10H,1-3H3;1-4,8H,(H,9,10). The Morgan fingerprint density at radius 2 is 1.70 bits per heavy atom. The summed E-state index contributed by atoms with van der Waals surface area (Å²) < 4.78 is 0. The van der Waals surface area contributed by atoms with Crippen molar-refractivity contribution in [3.05, 3.63) is 52.8 Å². The van der Waals surface area contributed by atoms with Crippen molar-refractivity contribution in [2.45, 2.75) is 20.8 Å². The molecule has 2 aromatic rings. The monoisotopic (exact) mass is 275 g/mol. The van der Waals surface area contributed by atoms with Crippen LogP contribution in [0.2, 0.25) is 0 Å². The summed E-state index contributed by atoms with van der Waals surface area (Å²) in [6.45, 7) is 5.59. The first kappa shape index (κ1) is 15.5. The average molecular weight is 275 g/mol. The predicted molar refractivity (Wildman–Crippen MR) is 75.2 cm³/mol. The molecule has 0 bridgehead atoms. The molecule has 3 N–H and O–H groups in total. The van der Waals surface area contributed by atoms with Gasteiger partial charge in [0, 0.05) is 5.69 Å². The van der Waals surface area contributed by atoms with Gasteiger partial charge in [-0.2, -0.15) is 0 Å². The van der Waals surface area contributed by atoms with Crippen LogP contribution in [0.15, 0.2) is 30.3 Å². The van der Waals surface area contributed by atoms with Crippen molar-refractivity contribution in [2.75, 3.05) is 0 Å². The van der Waals surface area contributed by atoms with Crippen LogP contribution in [0.1, 0.15) is 27.3 Å². The van der Waals surface area contributed by atoms with E-state index in [1.54, 1.807) is 19.1 Å². The van der Waals surface area contributed by atoms with Crippen LogP contribution in [0.5, 0.6) is 11.5 Å². The minimum atomic E-state index is -1.11. The lowest BCUT2D eigenvalue weighted by atomic mass is 10.2. The Balaban J connectivity index is 0.000000200. The molecule has 20 heavy (non-hydrogen) atoms. The van der Waals surface area contributed by atoms with E-state index in [4.69, 9.17) is 10.2 Å². The van der Waals surface area contributed by atoms with Crippen LogP contribution in [0.4, 0.5) is 0 Å². The Hall–Kier alpha value is -2.56. The average Bonchev–Trinajstić information content (AvgIpc) is 2.36. The molecular formula is C15H17NO4. The summed E-state index contributed by atoms with van der Waals surface area (Å²) in [6, 6.07) is 7.68. The second-order valence-electron chi connectivity index (χ2n) is 4.34. The van der Waals surface area contributed by atoms with E-state index in [2.05, 4.69) is 4.98 Å². The van der Waals surface area contributed by atoms with Crippen LogP contribution in [-0.2, 0) is 0 Å². The second kappa shape index (κ2) is 6.56. The SMILES string of the molecule is Cc1cc(C)c(O)c(C)n1.O=C(O)c1ccccc1O. The predicted octanol–water partition coefficient (Wildman–Crippen LogP) is 2.80. The number of hydrogen-bond acceptors (Lipinski definition) is 4. The first-order chi connectivity index (χ1) is 9.32. The lowest BCUT2D eigenvalue weighted by Crippen LogP contribution is -1.95. The van der Waals surface area contributed by atoms with Gasteiger partial charge in [-0.25, -0.2) is 4.79 Å². The summed E-state index contributed by atoms with van der Waals surface area (Å²) in [5.74, 6) is -1.00. The summed E-state index contributed by atoms with van der Waals surface area (Å²) >= 11 is 0. The third-order valence-electron chi connectivity index (χ3n) is 2.62. The van der Waals surface area contributed by atoms with Gasteiger partial charge < -0.3 is 15.3 Å². The largest absolute Gasteiger partial charge is 0.507 e. The lowest BCUT2D eigenvalue weighted by molar-refractivity contribution is 0.0693. The van der Waals surface area contributed by atoms with E-state index in [1.807, 2.05) is 19.9 Å². The number of rotatable bonds is 1. The highest BCUT2D eigenvalue weighted by Gasteiger charge is 2.05. The number of aromatic nitrogens is 1. The zero-order valence-electron chi connectivity index (χ0n) is 11.6. The van der Waals surface area contributed by atoms with E-state index in [0.29, 0.717) is 11.4 Å². The van der Waals surface area contributed by atoms with Crippen molar-refractivity contribution in [2.24, 2.45) is 0 Å². The van der Waals surface area contributed by atoms with Gasteiger partial charge in [0.1, 0.15) is 17.1 Å². The summed E-state index contributed by atoms with van der Waals surface area (Å²) in [6.07, 6.45) is 0. The zero-order valence-corrected chi connectivity index (χ0v) is 11.6. The third-order valence-corrected chi connectivity index (χ3v) is 2.62. The summed E-state index contributed by atoms with van der Waals surface area (Å²) in [7, 11) is 0. The maximum absolute atomic E-state index is 10.3. The zero-order chi connectivity index (χ0) is 15.3. The fraction of sp³-hybridized carbons (Fsp3) is 0.200. The number of nitrogens with zero attached hydrogens (tertiary/aromatic N) is 1. The summed E-state index contributed by atoms with van der Waals surface area (Å²) in [5, 5.41) is 26.6. The first-order valence-electron chi connectivity index (χ1n) is 5.98. The molecular weight excluding hydrogens is 258 g/mol. The quantitative estimate of drug-likeness (QED) is 0.744. The van der Waals surface area contributed by atoms with Crippen molar-refractivity contribution in [3.8, 4) is 11.5 Å². The van der Waals surface area contributed by atoms with Crippen LogP contribution < -0.4 is 0 Å². The van der Waals surface area contributed by atoms with Gasteiger partial charge >= 0.3 is 5.97 Å². The maximum atomic E-state index is 10.3. The third kappa shape index (κ3) is 3.98. The van der Waals surface area contributed by atoms with Gasteiger partial charge in [-0.15, -0.1) is 0 Å². The minimum Gasteiger partial charge on any atom is -0.507 e. The van der Waals surface area contributed by atoms with Crippen molar-refractivity contribution in [1.29, 1.82) is 0 Å². The number of aromatic hydroxyl groups is 2. The fourth-order valence-corrected chi connectivity index (χ4v) is 1.67. The molecule has 0 aliphatic rings. The molecule has 0 saturated carbocycles. The van der Waals surface area contributed by atoms with Gasteiger partial charge in [0.15, 0.2) is 0 Å². The number of aromatic carboxylic acids is 1. The number of aryl methyl sites for hydroxylation is 3. The van der Waals surface area contributed by atoms with E-state index in [-0.39, 0.29) is 11.3 Å². The van der Waals surface area contributed by atoms with Crippen molar-refractivity contribution in [1.82, 2.24) is 4.98 Å². The Bertz CT molecular complexity index is 600. The molecule has 1 heterocycles. The highest BCUT2D eigenvalue weighted by Crippen LogP contribution is 2.19. The van der Waals surface area contributed by atoms with E-state index in [1.165, 1.54) is 12.1 Å². The number of carboxylic acid groups (broad SMARTS) is 1. The number of phenols is 1. The van der Waals surface area contributed by atoms with Gasteiger partial charge in [0.05, 0.1) is 5.69 Å². The molecule has 0 spiro atoms. The van der Waals surface area contributed by atoms with Crippen LogP contribution in [0, 0.1) is 20.8 Å². The molecule has 0 fully saturated rings. The highest BCUT2D eigenvalue weighted by atomic mass is 16.4. The van der Waals surface area contributed by atoms with Crippen molar-refractivity contribution in [3.63, 3.8) is 0 Å². The van der Waals surface area contributed by atoms with E-state index < -0.39 is 5.97 Å². The summed E-state index contributed by atoms with van der Waals surface area (Å²) in [4.78, 5) is 14.3. The van der Waals surface area contributed by atoms with Gasteiger partial charge in [-0.1, -0.05) is 12.1 Å². The number of hydrogen-bond donors (Lipinski definition) is 3. The molecule has 1 aromatic carbocycles. The summed E-state index contributed by atoms with van der Waals surface area (Å²) in [5.41, 5.74) is 2.48. The minimum absolute atomic E-state index is 0.0671. The molecule has 0 saturated heterocycles. The first-order valence-corrected chi connectivity index (χ1v) is 5.98. The Labute approximate surface area is 117 Å². The Morgan fingerprint density at radius 1 is 1.10 bits per heavy atom. The number of para-hydroxylation sites is 1. The number of pyridine rings is 1. The molecule has 1 aromatic heterocycles. The molecule has 106 valence electrons. The molecule has 0 aliphatic heterocycles. The molecule has 5 nitrogen and oxygen atoms in total.